The van der Waals surface area contributed by atoms with Crippen LogP contribution in [0.25, 0.3) is 0 Å². The Hall–Kier alpha value is -2.68. The average Bonchev–Trinajstić information content (AvgIpc) is 2.44. The third kappa shape index (κ3) is 4.42. The fourth-order valence-corrected chi connectivity index (χ4v) is 1.77. The lowest BCUT2D eigenvalue weighted by Gasteiger charge is -2.26. The smallest absolute Gasteiger partial charge is 0.410 e. The van der Waals surface area contributed by atoms with Crippen molar-refractivity contribution in [1.29, 1.82) is 0 Å². The Labute approximate surface area is 125 Å². The number of carbonyl (C=O) groups is 2. The van der Waals surface area contributed by atoms with Gasteiger partial charge in [-0.1, -0.05) is 0 Å². The molecule has 0 spiro atoms. The van der Waals surface area contributed by atoms with Gasteiger partial charge in [-0.05, 0) is 24.6 Å². The van der Waals surface area contributed by atoms with Crippen LogP contribution in [0.1, 0.15) is 12.5 Å². The van der Waals surface area contributed by atoms with E-state index in [4.69, 9.17) is 9.84 Å². The van der Waals surface area contributed by atoms with E-state index in [0.717, 1.165) is 4.90 Å². The Morgan fingerprint density at radius 2 is 1.91 bits per heavy atom. The molecule has 0 saturated carbocycles. The number of aliphatic hydroxyl groups is 1. The van der Waals surface area contributed by atoms with Crippen molar-refractivity contribution >= 4 is 17.7 Å². The highest BCUT2D eigenvalue weighted by Crippen LogP contribution is 2.13. The molecule has 1 rings (SSSR count). The zero-order chi connectivity index (χ0) is 16.9. The molecular weight excluding hydrogens is 296 g/mol. The fourth-order valence-electron chi connectivity index (χ4n) is 1.77. The number of carboxylic acid groups (broad SMARTS) is 1. The second kappa shape index (κ2) is 7.36. The lowest BCUT2D eigenvalue weighted by atomic mass is 10.1. The highest BCUT2D eigenvalue weighted by atomic mass is 16.6. The standard InChI is InChI=1S/C13H16N2O7/c1-8(16)11(12(17)18)14(2)13(19)22-7-9-3-5-10(6-4-9)15(20)21/h3-6,8,11,16H,7H2,1-2H3,(H,17,18)/t8-,11+/m1/s1. The lowest BCUT2D eigenvalue weighted by Crippen LogP contribution is -2.48. The van der Waals surface area contributed by atoms with Crippen molar-refractivity contribution in [3.05, 3.63) is 39.9 Å². The van der Waals surface area contributed by atoms with Crippen LogP contribution in [0.5, 0.6) is 0 Å². The molecule has 120 valence electrons. The molecule has 0 heterocycles. The molecule has 0 unspecified atom stereocenters. The summed E-state index contributed by atoms with van der Waals surface area (Å²) < 4.78 is 4.91. The molecule has 1 aromatic carbocycles. The number of ether oxygens (including phenoxy) is 1. The molecule has 0 fully saturated rings. The maximum absolute atomic E-state index is 11.8. The largest absolute Gasteiger partial charge is 0.480 e. The van der Waals surface area contributed by atoms with Crippen LogP contribution in [0.15, 0.2) is 24.3 Å². The predicted octanol–water partition coefficient (Wildman–Crippen LogP) is 0.997. The Balaban J connectivity index is 2.65. The molecule has 0 saturated heterocycles. The summed E-state index contributed by atoms with van der Waals surface area (Å²) >= 11 is 0. The van der Waals surface area contributed by atoms with E-state index in [0.29, 0.717) is 5.56 Å². The quantitative estimate of drug-likeness (QED) is 0.591. The normalized spacial score (nSPS) is 13.0. The number of nitro benzene ring substituents is 1. The monoisotopic (exact) mass is 312 g/mol. The summed E-state index contributed by atoms with van der Waals surface area (Å²) in [5, 5.41) is 28.8. The molecule has 9 nitrogen and oxygen atoms in total. The number of hydrogen-bond acceptors (Lipinski definition) is 6. The Morgan fingerprint density at radius 3 is 2.32 bits per heavy atom. The van der Waals surface area contributed by atoms with Gasteiger partial charge in [0.2, 0.25) is 0 Å². The second-order valence-electron chi connectivity index (χ2n) is 4.61. The Bertz CT molecular complexity index is 556. The van der Waals surface area contributed by atoms with E-state index in [-0.39, 0.29) is 12.3 Å². The maximum atomic E-state index is 11.8. The van der Waals surface area contributed by atoms with Crippen molar-refractivity contribution in [2.75, 3.05) is 7.05 Å². The summed E-state index contributed by atoms with van der Waals surface area (Å²) in [4.78, 5) is 33.5. The number of rotatable bonds is 6. The average molecular weight is 312 g/mol. The number of likely N-dealkylation sites (N-methyl/N-ethyl adjacent to an activating group) is 1. The maximum Gasteiger partial charge on any atom is 0.410 e. The summed E-state index contributed by atoms with van der Waals surface area (Å²) in [5.41, 5.74) is 0.420. The number of nitrogens with zero attached hydrogens (tertiary/aromatic N) is 2. The van der Waals surface area contributed by atoms with Crippen LogP contribution < -0.4 is 0 Å². The van der Waals surface area contributed by atoms with Crippen molar-refractivity contribution in [3.63, 3.8) is 0 Å². The molecule has 0 aromatic heterocycles. The van der Waals surface area contributed by atoms with Gasteiger partial charge in [0, 0.05) is 19.2 Å². The highest BCUT2D eigenvalue weighted by molar-refractivity contribution is 5.80. The number of nitro groups is 1. The van der Waals surface area contributed by atoms with Gasteiger partial charge >= 0.3 is 12.1 Å². The summed E-state index contributed by atoms with van der Waals surface area (Å²) in [6, 6.07) is 3.96. The number of non-ortho nitro benzene ring substituents is 1. The lowest BCUT2D eigenvalue weighted by molar-refractivity contribution is -0.384. The summed E-state index contributed by atoms with van der Waals surface area (Å²) in [6.45, 7) is 1.08. The molecule has 0 aliphatic heterocycles. The van der Waals surface area contributed by atoms with Crippen molar-refractivity contribution in [2.45, 2.75) is 25.7 Å². The molecule has 0 radical (unpaired) electrons. The van der Waals surface area contributed by atoms with Crippen molar-refractivity contribution in [1.82, 2.24) is 4.90 Å². The molecule has 22 heavy (non-hydrogen) atoms. The fraction of sp³-hybridized carbons (Fsp3) is 0.385. The van der Waals surface area contributed by atoms with Crippen LogP contribution in [-0.2, 0) is 16.1 Å². The zero-order valence-corrected chi connectivity index (χ0v) is 12.0. The molecule has 0 aliphatic rings. The molecular formula is C13H16N2O7. The first-order valence-electron chi connectivity index (χ1n) is 6.27. The minimum atomic E-state index is -1.43. The van der Waals surface area contributed by atoms with Crippen LogP contribution >= 0.6 is 0 Å². The van der Waals surface area contributed by atoms with E-state index in [1.54, 1.807) is 0 Å². The van der Waals surface area contributed by atoms with E-state index >= 15 is 0 Å². The van der Waals surface area contributed by atoms with Gasteiger partial charge in [-0.15, -0.1) is 0 Å². The van der Waals surface area contributed by atoms with Crippen LogP contribution in [0.3, 0.4) is 0 Å². The minimum absolute atomic E-state index is 0.0905. The summed E-state index contributed by atoms with van der Waals surface area (Å²) in [5.74, 6) is -1.36. The molecule has 0 bridgehead atoms. The number of hydrogen-bond donors (Lipinski definition) is 2. The van der Waals surface area contributed by atoms with Gasteiger partial charge in [-0.2, -0.15) is 0 Å². The SMILES string of the molecule is C[C@@H](O)[C@@H](C(=O)O)N(C)C(=O)OCc1ccc([N+](=O)[O-])cc1. The predicted molar refractivity (Wildman–Crippen MR) is 74.1 cm³/mol. The van der Waals surface area contributed by atoms with Gasteiger partial charge in [-0.3, -0.25) is 15.0 Å². The van der Waals surface area contributed by atoms with Gasteiger partial charge in [-0.25, -0.2) is 9.59 Å². The van der Waals surface area contributed by atoms with Crippen molar-refractivity contribution < 1.29 is 29.5 Å². The Morgan fingerprint density at radius 1 is 1.36 bits per heavy atom. The van der Waals surface area contributed by atoms with Gasteiger partial charge in [0.05, 0.1) is 11.0 Å². The first kappa shape index (κ1) is 17.4. The first-order chi connectivity index (χ1) is 10.2. The van der Waals surface area contributed by atoms with Crippen molar-refractivity contribution in [2.24, 2.45) is 0 Å². The molecule has 0 aliphatic carbocycles. The van der Waals surface area contributed by atoms with Crippen LogP contribution in [0.2, 0.25) is 0 Å². The molecule has 2 atom stereocenters. The zero-order valence-electron chi connectivity index (χ0n) is 12.0. The molecule has 2 N–H and O–H groups in total. The minimum Gasteiger partial charge on any atom is -0.480 e. The number of carbonyl (C=O) groups excluding carboxylic acids is 1. The summed E-state index contributed by atoms with van der Waals surface area (Å²) in [7, 11) is 1.20. The third-order valence-corrected chi connectivity index (χ3v) is 2.92. The van der Waals surface area contributed by atoms with Gasteiger partial charge in [0.15, 0.2) is 6.04 Å². The molecule has 1 aromatic rings. The Kier molecular flexibility index (Phi) is 5.81. The van der Waals surface area contributed by atoms with E-state index in [1.165, 1.54) is 38.2 Å². The van der Waals surface area contributed by atoms with E-state index in [1.807, 2.05) is 0 Å². The number of aliphatic carboxylic acids is 1. The van der Waals surface area contributed by atoms with Gasteiger partial charge in [0.25, 0.3) is 5.69 Å². The van der Waals surface area contributed by atoms with E-state index < -0.39 is 29.1 Å². The van der Waals surface area contributed by atoms with E-state index in [2.05, 4.69) is 0 Å². The molecule has 9 heteroatoms. The number of carboxylic acids is 1. The molecule has 1 amide bonds. The summed E-state index contributed by atoms with van der Waals surface area (Å²) in [6.07, 6.45) is -2.19. The third-order valence-electron chi connectivity index (χ3n) is 2.92. The topological polar surface area (TPSA) is 130 Å². The van der Waals surface area contributed by atoms with Gasteiger partial charge in [0.1, 0.15) is 6.61 Å². The highest BCUT2D eigenvalue weighted by Gasteiger charge is 2.31. The second-order valence-corrected chi connectivity index (χ2v) is 4.61. The first-order valence-corrected chi connectivity index (χ1v) is 6.27. The van der Waals surface area contributed by atoms with Crippen LogP contribution in [-0.4, -0.2) is 51.3 Å². The van der Waals surface area contributed by atoms with E-state index in [9.17, 15) is 24.8 Å². The number of amides is 1. The van der Waals surface area contributed by atoms with Crippen LogP contribution in [0, 0.1) is 10.1 Å². The number of benzene rings is 1. The van der Waals surface area contributed by atoms with Gasteiger partial charge < -0.3 is 14.9 Å². The van der Waals surface area contributed by atoms with Crippen LogP contribution in [0.4, 0.5) is 10.5 Å². The number of aliphatic hydroxyl groups excluding tert-OH is 1. The van der Waals surface area contributed by atoms with Crippen molar-refractivity contribution in [3.8, 4) is 0 Å².